The third-order valence-corrected chi connectivity index (χ3v) is 4.50. The average molecular weight is 432 g/mol. The molecule has 0 aliphatic heterocycles. The normalized spacial score (nSPS) is 13.4. The second-order valence-electron chi connectivity index (χ2n) is 5.60. The Labute approximate surface area is 163 Å². The van der Waals surface area contributed by atoms with Crippen molar-refractivity contribution in [3.8, 4) is 11.5 Å². The first-order valence-electron chi connectivity index (χ1n) is 7.72. The quantitative estimate of drug-likeness (QED) is 0.536. The lowest BCUT2D eigenvalue weighted by atomic mass is 10.2. The Morgan fingerprint density at radius 1 is 1.38 bits per heavy atom. The Kier molecular flexibility index (Phi) is 6.41. The van der Waals surface area contributed by atoms with E-state index >= 15 is 0 Å². The van der Waals surface area contributed by atoms with Gasteiger partial charge in [0, 0.05) is 11.8 Å². The van der Waals surface area contributed by atoms with Gasteiger partial charge in [-0.2, -0.15) is 18.2 Å². The van der Waals surface area contributed by atoms with Gasteiger partial charge in [-0.3, -0.25) is 9.79 Å². The Hall–Kier alpha value is -3.22. The molecule has 0 radical (unpaired) electrons. The van der Waals surface area contributed by atoms with E-state index in [0.717, 1.165) is 13.4 Å². The fourth-order valence-electron chi connectivity index (χ4n) is 1.93. The molecule has 2 rings (SSSR count). The van der Waals surface area contributed by atoms with Crippen LogP contribution in [0.4, 0.5) is 13.2 Å². The number of ether oxygens (including phenoxy) is 1. The van der Waals surface area contributed by atoms with Crippen LogP contribution >= 0.6 is 0 Å². The molecular formula is C16H15F3N4O5S. The van der Waals surface area contributed by atoms with Crippen LogP contribution < -0.4 is 5.73 Å². The van der Waals surface area contributed by atoms with Crippen LogP contribution in [-0.4, -0.2) is 56.3 Å². The number of methoxy groups -OCH3 is 1. The second kappa shape index (κ2) is 8.43. The Morgan fingerprint density at radius 3 is 2.66 bits per heavy atom. The van der Waals surface area contributed by atoms with Gasteiger partial charge in [0.2, 0.25) is 5.82 Å². The molecule has 1 aromatic heterocycles. The van der Waals surface area contributed by atoms with Crippen LogP contribution in [0.2, 0.25) is 0 Å². The van der Waals surface area contributed by atoms with Crippen LogP contribution in [0.5, 0.6) is 0 Å². The monoisotopic (exact) mass is 432 g/mol. The van der Waals surface area contributed by atoms with Crippen molar-refractivity contribution >= 4 is 21.5 Å². The van der Waals surface area contributed by atoms with Crippen molar-refractivity contribution in [3.63, 3.8) is 0 Å². The molecule has 0 unspecified atom stereocenters. The number of nitrogens with two attached hydrogens (primary N) is 1. The number of hydrogen-bond acceptors (Lipinski definition) is 9. The van der Waals surface area contributed by atoms with E-state index in [1.807, 2.05) is 0 Å². The number of aromatic nitrogens is 2. The van der Waals surface area contributed by atoms with Gasteiger partial charge in [0.1, 0.15) is 18.0 Å². The highest BCUT2D eigenvalue weighted by Gasteiger charge is 2.32. The lowest BCUT2D eigenvalue weighted by Crippen LogP contribution is -2.21. The van der Waals surface area contributed by atoms with Gasteiger partial charge in [0.15, 0.2) is 9.84 Å². The zero-order chi connectivity index (χ0) is 21.8. The topological polar surface area (TPSA) is 138 Å². The van der Waals surface area contributed by atoms with E-state index in [9.17, 15) is 26.4 Å². The fraction of sp³-hybridized carbons (Fsp3) is 0.250. The summed E-state index contributed by atoms with van der Waals surface area (Å²) in [5, 5.41) is 3.54. The molecule has 0 fully saturated rings. The van der Waals surface area contributed by atoms with Crippen LogP contribution in [-0.2, 0) is 19.4 Å². The van der Waals surface area contributed by atoms with Gasteiger partial charge < -0.3 is 15.0 Å². The molecule has 0 spiro atoms. The first kappa shape index (κ1) is 22.1. The number of aliphatic imine (C=N–C) groups is 1. The Balaban J connectivity index is 2.47. The van der Waals surface area contributed by atoms with E-state index in [2.05, 4.69) is 19.9 Å². The van der Waals surface area contributed by atoms with Crippen LogP contribution in [0.3, 0.4) is 0 Å². The molecule has 13 heteroatoms. The summed E-state index contributed by atoms with van der Waals surface area (Å²) in [7, 11) is -2.43. The zero-order valence-electron chi connectivity index (χ0n) is 15.1. The average Bonchev–Trinajstić information content (AvgIpc) is 3.13. The summed E-state index contributed by atoms with van der Waals surface area (Å²) in [6.07, 6.45) is -3.39. The summed E-state index contributed by atoms with van der Waals surface area (Å²) in [6.45, 7) is -0.610. The van der Waals surface area contributed by atoms with Gasteiger partial charge in [0.25, 0.3) is 5.89 Å². The summed E-state index contributed by atoms with van der Waals surface area (Å²) in [6, 6.07) is 5.52. The molecule has 9 nitrogen and oxygen atoms in total. The number of nitrogens with zero attached hydrogens (tertiary/aromatic N) is 3. The zero-order valence-corrected chi connectivity index (χ0v) is 15.9. The third kappa shape index (κ3) is 5.88. The minimum atomic E-state index is -4.84. The number of benzene rings is 1. The molecule has 0 saturated carbocycles. The van der Waals surface area contributed by atoms with Gasteiger partial charge >= 0.3 is 12.1 Å². The molecule has 156 valence electrons. The standard InChI is InChI=1S/C16H15F3N4O5S/c1-27-13(24)8-21-11(7-12(20)16(17,18)19)14-22-15(28-23-14)9-4-3-5-10(6-9)29(2,25)26/h3-7H,8,20H2,1-2H3. The summed E-state index contributed by atoms with van der Waals surface area (Å²) < 4.78 is 71.0. The van der Waals surface area contributed by atoms with Crippen molar-refractivity contribution in [2.75, 3.05) is 19.9 Å². The van der Waals surface area contributed by atoms with Gasteiger partial charge in [-0.05, 0) is 24.3 Å². The minimum absolute atomic E-state index is 0.0180. The second-order valence-corrected chi connectivity index (χ2v) is 7.61. The number of carbonyl (C=O) groups is 1. The lowest BCUT2D eigenvalue weighted by molar-refractivity contribution is -0.138. The van der Waals surface area contributed by atoms with Crippen molar-refractivity contribution in [3.05, 3.63) is 41.9 Å². The molecular weight excluding hydrogens is 417 g/mol. The molecule has 1 heterocycles. The summed E-state index contributed by atoms with van der Waals surface area (Å²) in [5.74, 6) is -1.37. The molecule has 0 aliphatic rings. The fourth-order valence-corrected chi connectivity index (χ4v) is 2.60. The number of hydrogen-bond donors (Lipinski definition) is 1. The van der Waals surface area contributed by atoms with Crippen molar-refractivity contribution in [1.82, 2.24) is 10.1 Å². The molecule has 2 aromatic rings. The number of carbonyl (C=O) groups excluding carboxylic acids is 1. The molecule has 0 saturated heterocycles. The smallest absolute Gasteiger partial charge is 0.430 e. The van der Waals surface area contributed by atoms with E-state index in [1.54, 1.807) is 0 Å². The van der Waals surface area contributed by atoms with E-state index in [0.29, 0.717) is 6.08 Å². The SMILES string of the molecule is COC(=O)CN=C(C=C(N)C(F)(F)F)c1noc(-c2cccc(S(C)(=O)=O)c2)n1. The van der Waals surface area contributed by atoms with Gasteiger partial charge in [-0.1, -0.05) is 11.2 Å². The molecule has 0 atom stereocenters. The van der Waals surface area contributed by atoms with E-state index < -0.39 is 39.9 Å². The van der Waals surface area contributed by atoms with Crippen molar-refractivity contribution < 1.29 is 35.6 Å². The minimum Gasteiger partial charge on any atom is -0.468 e. The summed E-state index contributed by atoms with van der Waals surface area (Å²) in [4.78, 5) is 18.9. The Morgan fingerprint density at radius 2 is 2.07 bits per heavy atom. The number of rotatable bonds is 6. The third-order valence-electron chi connectivity index (χ3n) is 3.39. The number of esters is 1. The highest BCUT2D eigenvalue weighted by Crippen LogP contribution is 2.23. The van der Waals surface area contributed by atoms with Crippen LogP contribution in [0, 0.1) is 0 Å². The number of alkyl halides is 3. The first-order chi connectivity index (χ1) is 13.4. The number of halogens is 3. The maximum absolute atomic E-state index is 12.8. The molecule has 1 aromatic carbocycles. The lowest BCUT2D eigenvalue weighted by Gasteiger charge is -2.06. The molecule has 2 N–H and O–H groups in total. The predicted octanol–water partition coefficient (Wildman–Crippen LogP) is 1.51. The van der Waals surface area contributed by atoms with E-state index in [4.69, 9.17) is 10.3 Å². The van der Waals surface area contributed by atoms with Crippen LogP contribution in [0.1, 0.15) is 5.82 Å². The highest BCUT2D eigenvalue weighted by atomic mass is 32.2. The van der Waals surface area contributed by atoms with Crippen molar-refractivity contribution in [1.29, 1.82) is 0 Å². The van der Waals surface area contributed by atoms with Gasteiger partial charge in [-0.15, -0.1) is 0 Å². The van der Waals surface area contributed by atoms with Crippen LogP contribution in [0.25, 0.3) is 11.5 Å². The summed E-state index contributed by atoms with van der Waals surface area (Å²) in [5.41, 5.74) is 3.25. The summed E-state index contributed by atoms with van der Waals surface area (Å²) >= 11 is 0. The van der Waals surface area contributed by atoms with Crippen molar-refractivity contribution in [2.24, 2.45) is 10.7 Å². The molecule has 0 amide bonds. The molecule has 0 bridgehead atoms. The number of sulfone groups is 1. The Bertz CT molecular complexity index is 1070. The molecule has 0 aliphatic carbocycles. The van der Waals surface area contributed by atoms with Crippen LogP contribution in [0.15, 0.2) is 50.4 Å². The first-order valence-corrected chi connectivity index (χ1v) is 9.61. The molecule has 29 heavy (non-hydrogen) atoms. The van der Waals surface area contributed by atoms with Gasteiger partial charge in [0.05, 0.1) is 12.0 Å². The largest absolute Gasteiger partial charge is 0.468 e. The van der Waals surface area contributed by atoms with E-state index in [-0.39, 0.29) is 22.2 Å². The van der Waals surface area contributed by atoms with Crippen molar-refractivity contribution in [2.45, 2.75) is 11.1 Å². The predicted molar refractivity (Wildman–Crippen MR) is 94.6 cm³/mol. The maximum atomic E-state index is 12.8. The highest BCUT2D eigenvalue weighted by molar-refractivity contribution is 7.90. The van der Waals surface area contributed by atoms with E-state index in [1.165, 1.54) is 24.3 Å². The maximum Gasteiger partial charge on any atom is 0.430 e. The van der Waals surface area contributed by atoms with Gasteiger partial charge in [-0.25, -0.2) is 8.42 Å². The number of allylic oxidation sites excluding steroid dienone is 2.